The fraction of sp³-hybridized carbons (Fsp3) is 0.483. The smallest absolute Gasteiger partial charge is 0.275 e. The number of aromatic nitrogens is 6. The second-order valence-corrected chi connectivity index (χ2v) is 12.0. The van der Waals surface area contributed by atoms with Gasteiger partial charge in [0, 0.05) is 29.9 Å². The number of ether oxygens (including phenoxy) is 2. The average molecular weight is 662 g/mol. The summed E-state index contributed by atoms with van der Waals surface area (Å²) in [6.07, 6.45) is 0.851. The molecule has 0 radical (unpaired) electrons. The van der Waals surface area contributed by atoms with E-state index in [1.807, 2.05) is 6.92 Å². The molecule has 1 saturated heterocycles. The molecule has 5 heterocycles. The van der Waals surface area contributed by atoms with Crippen molar-refractivity contribution in [3.63, 3.8) is 0 Å². The molecule has 0 bridgehead atoms. The number of pyridine rings is 1. The van der Waals surface area contributed by atoms with Crippen LogP contribution in [0.5, 0.6) is 0 Å². The summed E-state index contributed by atoms with van der Waals surface area (Å²) < 4.78 is 43.0. The molecule has 1 aliphatic carbocycles. The van der Waals surface area contributed by atoms with Gasteiger partial charge in [-0.1, -0.05) is 0 Å². The van der Waals surface area contributed by atoms with Gasteiger partial charge in [0.2, 0.25) is 5.95 Å². The number of nitrogens with zero attached hydrogens (tertiary/aromatic N) is 6. The van der Waals surface area contributed by atoms with Crippen LogP contribution in [0.3, 0.4) is 0 Å². The molecule has 1 amide bonds. The summed E-state index contributed by atoms with van der Waals surface area (Å²) in [4.78, 5) is 21.5. The lowest BCUT2D eigenvalue weighted by molar-refractivity contribution is -0.253. The lowest BCUT2D eigenvalue weighted by Gasteiger charge is -2.39. The number of carbonyl (C=O) groups excluding carboxylic acids is 1. The van der Waals surface area contributed by atoms with Gasteiger partial charge in [0.1, 0.15) is 46.5 Å². The number of amides is 1. The summed E-state index contributed by atoms with van der Waals surface area (Å²) in [5.41, 5.74) is 0.275. The molecule has 246 valence electrons. The summed E-state index contributed by atoms with van der Waals surface area (Å²) in [5, 5.41) is 53.4. The molecule has 17 heteroatoms. The molecular formula is C29H33F2N7O7S. The molecule has 5 unspecified atom stereocenters. The Morgan fingerprint density at radius 2 is 1.85 bits per heavy atom. The number of aliphatic hydroxyl groups excluding tert-OH is 4. The van der Waals surface area contributed by atoms with Gasteiger partial charge in [-0.2, -0.15) is 14.6 Å². The van der Waals surface area contributed by atoms with Crippen molar-refractivity contribution in [1.82, 2.24) is 29.5 Å². The Morgan fingerprint density at radius 1 is 1.07 bits per heavy atom. The van der Waals surface area contributed by atoms with Crippen LogP contribution in [0, 0.1) is 11.8 Å². The number of hydrogen-bond donors (Lipinski definition) is 5. The Hall–Kier alpha value is -3.71. The number of thiazole rings is 1. The molecule has 2 fully saturated rings. The molecule has 2 aliphatic rings. The van der Waals surface area contributed by atoms with Crippen LogP contribution < -0.4 is 5.32 Å². The van der Waals surface area contributed by atoms with Gasteiger partial charge in [-0.05, 0) is 44.7 Å². The van der Waals surface area contributed by atoms with Crippen LogP contribution in [0.2, 0.25) is 0 Å². The van der Waals surface area contributed by atoms with Gasteiger partial charge >= 0.3 is 0 Å². The van der Waals surface area contributed by atoms with Gasteiger partial charge in [-0.25, -0.2) is 19.0 Å². The molecule has 0 spiro atoms. The molecular weight excluding hydrogens is 628 g/mol. The Labute approximate surface area is 265 Å². The Morgan fingerprint density at radius 3 is 2.59 bits per heavy atom. The third kappa shape index (κ3) is 6.44. The van der Waals surface area contributed by atoms with Crippen LogP contribution in [0.15, 0.2) is 36.1 Å². The van der Waals surface area contributed by atoms with Crippen molar-refractivity contribution >= 4 is 22.9 Å². The van der Waals surface area contributed by atoms with Gasteiger partial charge in [0.05, 0.1) is 30.6 Å². The predicted molar refractivity (Wildman–Crippen MR) is 159 cm³/mol. The van der Waals surface area contributed by atoms with E-state index in [4.69, 9.17) is 9.47 Å². The number of rotatable bonds is 9. The van der Waals surface area contributed by atoms with E-state index in [1.165, 1.54) is 22.5 Å². The minimum atomic E-state index is -1.57. The van der Waals surface area contributed by atoms with Crippen molar-refractivity contribution in [1.29, 1.82) is 0 Å². The molecule has 5 atom stereocenters. The minimum Gasteiger partial charge on any atom is -0.394 e. The summed E-state index contributed by atoms with van der Waals surface area (Å²) in [6.45, 7) is 1.99. The first kappa shape index (κ1) is 32.2. The van der Waals surface area contributed by atoms with E-state index >= 15 is 0 Å². The summed E-state index contributed by atoms with van der Waals surface area (Å²) in [7, 11) is 0. The maximum atomic E-state index is 14.8. The van der Waals surface area contributed by atoms with Crippen LogP contribution >= 0.6 is 11.3 Å². The van der Waals surface area contributed by atoms with Gasteiger partial charge in [-0.3, -0.25) is 9.48 Å². The lowest BCUT2D eigenvalue weighted by Crippen LogP contribution is -2.56. The van der Waals surface area contributed by atoms with E-state index in [1.54, 1.807) is 10.9 Å². The lowest BCUT2D eigenvalue weighted by atomic mass is 9.93. The number of carbonyl (C=O) groups is 1. The molecule has 4 aromatic rings. The number of halogens is 2. The van der Waals surface area contributed by atoms with Gasteiger partial charge in [0.15, 0.2) is 12.0 Å². The van der Waals surface area contributed by atoms with E-state index in [9.17, 15) is 34.0 Å². The van der Waals surface area contributed by atoms with E-state index < -0.39 is 54.9 Å². The fourth-order valence-corrected chi connectivity index (χ4v) is 6.50. The first-order valence-corrected chi connectivity index (χ1v) is 15.7. The van der Waals surface area contributed by atoms with Gasteiger partial charge in [-0.15, -0.1) is 11.3 Å². The molecule has 1 saturated carbocycles. The minimum absolute atomic E-state index is 0.0199. The molecule has 0 aromatic carbocycles. The molecule has 1 aliphatic heterocycles. The Balaban J connectivity index is 1.22. The highest BCUT2D eigenvalue weighted by Crippen LogP contribution is 2.35. The fourth-order valence-electron chi connectivity index (χ4n) is 5.73. The highest BCUT2D eigenvalue weighted by atomic mass is 32.1. The number of aliphatic hydroxyl groups is 4. The third-order valence-electron chi connectivity index (χ3n) is 8.15. The quantitative estimate of drug-likeness (QED) is 0.166. The van der Waals surface area contributed by atoms with Crippen molar-refractivity contribution in [2.45, 2.75) is 75.4 Å². The third-order valence-corrected chi connectivity index (χ3v) is 9.04. The van der Waals surface area contributed by atoms with E-state index in [2.05, 4.69) is 25.5 Å². The predicted octanol–water partition coefficient (Wildman–Crippen LogP) is 2.29. The standard InChI is InChI=1S/C29H33F2N7O7S/c1-2-44-16-5-3-15(4-6-16)37-11-18(23(36-37)22-17(30)7-8-21(31)35-22)33-27(43)19-13-46-28(34-19)14-9-32-38(10-14)29-26(42)25(41)24(40)20(12-39)45-29/h7-11,13,15-16,20,24-26,29,39-42H,2-6,12H2,1H3,(H,33,43). The normalized spacial score (nSPS) is 26.7. The molecule has 5 N–H and O–H groups in total. The van der Waals surface area contributed by atoms with Crippen molar-refractivity contribution in [2.24, 2.45) is 0 Å². The van der Waals surface area contributed by atoms with Crippen molar-refractivity contribution in [3.05, 3.63) is 53.6 Å². The summed E-state index contributed by atoms with van der Waals surface area (Å²) >= 11 is 1.13. The number of hydrogen-bond acceptors (Lipinski definition) is 12. The maximum Gasteiger partial charge on any atom is 0.275 e. The van der Waals surface area contributed by atoms with Crippen molar-refractivity contribution in [2.75, 3.05) is 18.5 Å². The van der Waals surface area contributed by atoms with Crippen LogP contribution in [0.1, 0.15) is 55.4 Å². The zero-order valence-corrected chi connectivity index (χ0v) is 25.4. The maximum absolute atomic E-state index is 14.8. The monoisotopic (exact) mass is 661 g/mol. The van der Waals surface area contributed by atoms with Gasteiger partial charge < -0.3 is 35.2 Å². The highest BCUT2D eigenvalue weighted by Gasteiger charge is 2.44. The molecule has 6 rings (SSSR count). The Kier molecular flexibility index (Phi) is 9.51. The Bertz CT molecular complexity index is 1670. The zero-order chi connectivity index (χ0) is 32.5. The van der Waals surface area contributed by atoms with Crippen molar-refractivity contribution < 1.29 is 43.5 Å². The molecule has 4 aromatic heterocycles. The van der Waals surface area contributed by atoms with E-state index in [-0.39, 0.29) is 34.9 Å². The van der Waals surface area contributed by atoms with Crippen LogP contribution in [0.25, 0.3) is 22.0 Å². The SMILES string of the molecule is CCOC1CCC(n2cc(NC(=O)c3csc(-c4cnn(C5OC(CO)C(O)C(O)C5O)c4)n3)c(-c3nc(F)ccc3F)n2)CC1. The largest absolute Gasteiger partial charge is 0.394 e. The van der Waals surface area contributed by atoms with E-state index in [0.717, 1.165) is 49.2 Å². The van der Waals surface area contributed by atoms with E-state index in [0.29, 0.717) is 17.2 Å². The topological polar surface area (TPSA) is 190 Å². The van der Waals surface area contributed by atoms with Crippen molar-refractivity contribution in [3.8, 4) is 22.0 Å². The van der Waals surface area contributed by atoms with Gasteiger partial charge in [0.25, 0.3) is 5.91 Å². The van der Waals surface area contributed by atoms with Crippen LogP contribution in [-0.4, -0.2) is 99.6 Å². The molecule has 14 nitrogen and oxygen atoms in total. The van der Waals surface area contributed by atoms with Crippen LogP contribution in [0.4, 0.5) is 14.5 Å². The highest BCUT2D eigenvalue weighted by molar-refractivity contribution is 7.13. The summed E-state index contributed by atoms with van der Waals surface area (Å²) in [6, 6.07) is 1.82. The number of nitrogens with one attached hydrogen (secondary N) is 1. The molecule has 46 heavy (non-hydrogen) atoms. The number of anilines is 1. The average Bonchev–Trinajstić information content (AvgIpc) is 3.82. The zero-order valence-electron chi connectivity index (χ0n) is 24.6. The second kappa shape index (κ2) is 13.6. The first-order chi connectivity index (χ1) is 22.2. The first-order valence-electron chi connectivity index (χ1n) is 14.8. The summed E-state index contributed by atoms with van der Waals surface area (Å²) in [5.74, 6) is -2.31. The second-order valence-electron chi connectivity index (χ2n) is 11.1. The van der Waals surface area contributed by atoms with Crippen LogP contribution in [-0.2, 0) is 9.47 Å².